The zero-order chi connectivity index (χ0) is 15.6. The van der Waals surface area contributed by atoms with Gasteiger partial charge in [0.1, 0.15) is 5.52 Å². The van der Waals surface area contributed by atoms with E-state index in [0.717, 1.165) is 11.2 Å². The van der Waals surface area contributed by atoms with E-state index in [-0.39, 0.29) is 5.91 Å². The molecule has 5 heteroatoms. The van der Waals surface area contributed by atoms with Crippen molar-refractivity contribution in [2.75, 3.05) is 5.32 Å². The van der Waals surface area contributed by atoms with Gasteiger partial charge < -0.3 is 14.3 Å². The second kappa shape index (κ2) is 5.46. The normalized spacial score (nSPS) is 10.8. The van der Waals surface area contributed by atoms with Gasteiger partial charge in [0.05, 0.1) is 0 Å². The molecule has 0 saturated carbocycles. The Balaban J connectivity index is 1.54. The van der Waals surface area contributed by atoms with Gasteiger partial charge in [-0.25, -0.2) is 4.98 Å². The third kappa shape index (κ3) is 2.60. The standard InChI is InChI=1S/C18H13N3O2/c22-18(20-14-5-8-16-17(11-14)23-12-19-16)13-3-6-15(7-4-13)21-9-1-2-10-21/h1-12H,(H,20,22). The van der Waals surface area contributed by atoms with Crippen molar-refractivity contribution in [2.24, 2.45) is 0 Å². The molecule has 0 radical (unpaired) electrons. The van der Waals surface area contributed by atoms with Crippen LogP contribution in [-0.4, -0.2) is 15.5 Å². The van der Waals surface area contributed by atoms with E-state index in [1.807, 2.05) is 47.3 Å². The smallest absolute Gasteiger partial charge is 0.255 e. The molecule has 0 unspecified atom stereocenters. The van der Waals surface area contributed by atoms with Crippen LogP contribution >= 0.6 is 0 Å². The summed E-state index contributed by atoms with van der Waals surface area (Å²) in [5.41, 5.74) is 3.69. The first kappa shape index (κ1) is 13.3. The first-order valence-corrected chi connectivity index (χ1v) is 7.18. The molecular weight excluding hydrogens is 290 g/mol. The highest BCUT2D eigenvalue weighted by Gasteiger charge is 2.08. The van der Waals surface area contributed by atoms with Crippen LogP contribution < -0.4 is 5.32 Å². The summed E-state index contributed by atoms with van der Waals surface area (Å²) in [5, 5.41) is 2.86. The molecule has 0 aliphatic heterocycles. The number of benzene rings is 2. The second-order valence-electron chi connectivity index (χ2n) is 5.13. The van der Waals surface area contributed by atoms with E-state index in [2.05, 4.69) is 10.3 Å². The molecule has 0 fully saturated rings. The lowest BCUT2D eigenvalue weighted by Crippen LogP contribution is -2.11. The maximum atomic E-state index is 12.3. The molecule has 1 amide bonds. The average Bonchev–Trinajstić information content (AvgIpc) is 3.26. The molecule has 5 nitrogen and oxygen atoms in total. The fraction of sp³-hybridized carbons (Fsp3) is 0. The third-order valence-corrected chi connectivity index (χ3v) is 3.62. The number of nitrogens with zero attached hydrogens (tertiary/aromatic N) is 2. The molecule has 0 atom stereocenters. The summed E-state index contributed by atoms with van der Waals surface area (Å²) in [6.07, 6.45) is 5.31. The molecule has 2 heterocycles. The Kier molecular flexibility index (Phi) is 3.16. The minimum Gasteiger partial charge on any atom is -0.443 e. The molecule has 0 aliphatic carbocycles. The summed E-state index contributed by atoms with van der Waals surface area (Å²) in [6, 6.07) is 16.7. The van der Waals surface area contributed by atoms with Crippen LogP contribution in [0.5, 0.6) is 0 Å². The number of rotatable bonds is 3. The predicted octanol–water partition coefficient (Wildman–Crippen LogP) is 3.87. The quantitative estimate of drug-likeness (QED) is 0.625. The van der Waals surface area contributed by atoms with E-state index in [9.17, 15) is 4.79 Å². The lowest BCUT2D eigenvalue weighted by atomic mass is 10.2. The molecule has 23 heavy (non-hydrogen) atoms. The van der Waals surface area contributed by atoms with Gasteiger partial charge in [-0.2, -0.15) is 0 Å². The van der Waals surface area contributed by atoms with Gasteiger partial charge in [0.15, 0.2) is 12.0 Å². The summed E-state index contributed by atoms with van der Waals surface area (Å²) >= 11 is 0. The van der Waals surface area contributed by atoms with Crippen LogP contribution in [0.15, 0.2) is 77.8 Å². The van der Waals surface area contributed by atoms with Crippen LogP contribution in [0.25, 0.3) is 16.8 Å². The molecule has 1 N–H and O–H groups in total. The highest BCUT2D eigenvalue weighted by molar-refractivity contribution is 6.04. The van der Waals surface area contributed by atoms with Crippen LogP contribution in [0.4, 0.5) is 5.69 Å². The highest BCUT2D eigenvalue weighted by Crippen LogP contribution is 2.19. The van der Waals surface area contributed by atoms with Gasteiger partial charge in [-0.05, 0) is 48.5 Å². The van der Waals surface area contributed by atoms with Crippen LogP contribution in [0.3, 0.4) is 0 Å². The number of hydrogen-bond acceptors (Lipinski definition) is 3. The minimum absolute atomic E-state index is 0.164. The number of fused-ring (bicyclic) bond motifs is 1. The molecule has 112 valence electrons. The van der Waals surface area contributed by atoms with E-state index in [1.54, 1.807) is 24.3 Å². The van der Waals surface area contributed by atoms with Crippen molar-refractivity contribution < 1.29 is 9.21 Å². The summed E-state index contributed by atoms with van der Waals surface area (Å²) < 4.78 is 7.22. The first-order chi connectivity index (χ1) is 11.3. The fourth-order valence-corrected chi connectivity index (χ4v) is 2.43. The SMILES string of the molecule is O=C(Nc1ccc2ncoc2c1)c1ccc(-n2cccc2)cc1. The van der Waals surface area contributed by atoms with E-state index < -0.39 is 0 Å². The Hall–Kier alpha value is -3.34. The summed E-state index contributed by atoms with van der Waals surface area (Å²) in [4.78, 5) is 16.4. The fourth-order valence-electron chi connectivity index (χ4n) is 2.43. The maximum absolute atomic E-state index is 12.3. The van der Waals surface area contributed by atoms with Crippen molar-refractivity contribution in [1.82, 2.24) is 9.55 Å². The third-order valence-electron chi connectivity index (χ3n) is 3.62. The molecule has 0 spiro atoms. The van der Waals surface area contributed by atoms with Crippen molar-refractivity contribution >= 4 is 22.7 Å². The van der Waals surface area contributed by atoms with Crippen molar-refractivity contribution in [3.05, 3.63) is 78.9 Å². The molecule has 0 bridgehead atoms. The number of carbonyl (C=O) groups is 1. The van der Waals surface area contributed by atoms with Gasteiger partial charge in [0, 0.05) is 35.4 Å². The Labute approximate surface area is 132 Å². The summed E-state index contributed by atoms with van der Waals surface area (Å²) in [5.74, 6) is -0.164. The Morgan fingerprint density at radius 3 is 2.61 bits per heavy atom. The second-order valence-corrected chi connectivity index (χ2v) is 5.13. The van der Waals surface area contributed by atoms with Crippen LogP contribution in [-0.2, 0) is 0 Å². The number of hydrogen-bond donors (Lipinski definition) is 1. The molecule has 0 saturated heterocycles. The summed E-state index contributed by atoms with van der Waals surface area (Å²) in [6.45, 7) is 0. The molecule has 2 aromatic carbocycles. The zero-order valence-corrected chi connectivity index (χ0v) is 12.1. The van der Waals surface area contributed by atoms with E-state index in [0.29, 0.717) is 16.8 Å². The van der Waals surface area contributed by atoms with Gasteiger partial charge in [-0.1, -0.05) is 0 Å². The Morgan fingerprint density at radius 1 is 1.04 bits per heavy atom. The summed E-state index contributed by atoms with van der Waals surface area (Å²) in [7, 11) is 0. The maximum Gasteiger partial charge on any atom is 0.255 e. The molecular formula is C18H13N3O2. The number of amides is 1. The topological polar surface area (TPSA) is 60.1 Å². The van der Waals surface area contributed by atoms with Crippen LogP contribution in [0.2, 0.25) is 0 Å². The Bertz CT molecular complexity index is 954. The van der Waals surface area contributed by atoms with Crippen LogP contribution in [0.1, 0.15) is 10.4 Å². The predicted molar refractivity (Wildman–Crippen MR) is 87.7 cm³/mol. The van der Waals surface area contributed by atoms with E-state index >= 15 is 0 Å². The van der Waals surface area contributed by atoms with Gasteiger partial charge in [-0.3, -0.25) is 4.79 Å². The minimum atomic E-state index is -0.164. The van der Waals surface area contributed by atoms with Gasteiger partial charge >= 0.3 is 0 Å². The van der Waals surface area contributed by atoms with E-state index in [4.69, 9.17) is 4.42 Å². The molecule has 4 aromatic rings. The van der Waals surface area contributed by atoms with Crippen molar-refractivity contribution in [3.63, 3.8) is 0 Å². The number of nitrogens with one attached hydrogen (secondary N) is 1. The number of aromatic nitrogens is 2. The van der Waals surface area contributed by atoms with Crippen molar-refractivity contribution in [3.8, 4) is 5.69 Å². The number of oxazole rings is 1. The molecule has 0 aliphatic rings. The monoisotopic (exact) mass is 303 g/mol. The van der Waals surface area contributed by atoms with Gasteiger partial charge in [0.2, 0.25) is 0 Å². The largest absolute Gasteiger partial charge is 0.443 e. The van der Waals surface area contributed by atoms with Crippen LogP contribution in [0, 0.1) is 0 Å². The number of anilines is 1. The lowest BCUT2D eigenvalue weighted by Gasteiger charge is -2.07. The van der Waals surface area contributed by atoms with E-state index in [1.165, 1.54) is 6.39 Å². The van der Waals surface area contributed by atoms with Crippen molar-refractivity contribution in [1.29, 1.82) is 0 Å². The Morgan fingerprint density at radius 2 is 1.83 bits per heavy atom. The van der Waals surface area contributed by atoms with Crippen molar-refractivity contribution in [2.45, 2.75) is 0 Å². The first-order valence-electron chi connectivity index (χ1n) is 7.18. The molecule has 2 aromatic heterocycles. The zero-order valence-electron chi connectivity index (χ0n) is 12.1. The lowest BCUT2D eigenvalue weighted by molar-refractivity contribution is 0.102. The number of carbonyl (C=O) groups excluding carboxylic acids is 1. The van der Waals surface area contributed by atoms with Gasteiger partial charge in [-0.15, -0.1) is 0 Å². The van der Waals surface area contributed by atoms with Gasteiger partial charge in [0.25, 0.3) is 5.91 Å². The highest BCUT2D eigenvalue weighted by atomic mass is 16.3. The average molecular weight is 303 g/mol. The molecule has 4 rings (SSSR count).